The third-order valence-electron chi connectivity index (χ3n) is 2.57. The van der Waals surface area contributed by atoms with Crippen molar-refractivity contribution in [2.24, 2.45) is 0 Å². The molecule has 5 nitrogen and oxygen atoms in total. The molecule has 0 heterocycles. The second-order valence-corrected chi connectivity index (χ2v) is 4.39. The van der Waals surface area contributed by atoms with Crippen LogP contribution in [-0.2, 0) is 0 Å². The largest absolute Gasteiger partial charge is 0.497 e. The molecule has 0 aliphatic rings. The minimum Gasteiger partial charge on any atom is -0.497 e. The first-order valence-corrected chi connectivity index (χ1v) is 6.50. The summed E-state index contributed by atoms with van der Waals surface area (Å²) >= 11 is 6.05. The third kappa shape index (κ3) is 4.61. The van der Waals surface area contributed by atoms with E-state index in [1.54, 1.807) is 30.2 Å². The quantitative estimate of drug-likeness (QED) is 0.845. The third-order valence-corrected chi connectivity index (χ3v) is 2.88. The maximum Gasteiger partial charge on any atom is 0.321 e. The van der Waals surface area contributed by atoms with Crippen molar-refractivity contribution in [3.05, 3.63) is 23.2 Å². The zero-order valence-corrected chi connectivity index (χ0v) is 11.9. The number of carbonyl (C=O) groups excluding carboxylic acids is 1. The molecule has 0 bridgehead atoms. The number of aliphatic hydroxyl groups excluding tert-OH is 1. The van der Waals surface area contributed by atoms with E-state index in [1.807, 2.05) is 6.92 Å². The highest BCUT2D eigenvalue weighted by Crippen LogP contribution is 2.26. The number of methoxy groups -OCH3 is 1. The fraction of sp³-hybridized carbons (Fsp3) is 0.462. The first-order valence-electron chi connectivity index (χ1n) is 6.12. The molecule has 0 radical (unpaired) electrons. The van der Waals surface area contributed by atoms with Gasteiger partial charge in [-0.1, -0.05) is 18.5 Å². The second kappa shape index (κ2) is 7.86. The minimum atomic E-state index is -0.275. The summed E-state index contributed by atoms with van der Waals surface area (Å²) in [5.74, 6) is 0.628. The molecule has 2 N–H and O–H groups in total. The Kier molecular flexibility index (Phi) is 6.45. The Morgan fingerprint density at radius 2 is 2.21 bits per heavy atom. The van der Waals surface area contributed by atoms with E-state index in [2.05, 4.69) is 5.32 Å². The molecule has 0 fully saturated rings. The molecule has 0 aliphatic heterocycles. The van der Waals surface area contributed by atoms with Crippen LogP contribution in [0.5, 0.6) is 5.75 Å². The first kappa shape index (κ1) is 15.6. The van der Waals surface area contributed by atoms with E-state index < -0.39 is 0 Å². The number of urea groups is 1. The van der Waals surface area contributed by atoms with Crippen LogP contribution in [-0.4, -0.2) is 42.8 Å². The number of aliphatic hydroxyl groups is 1. The van der Waals surface area contributed by atoms with Gasteiger partial charge in [-0.05, 0) is 18.6 Å². The molecule has 1 rings (SSSR count). The van der Waals surface area contributed by atoms with Crippen LogP contribution in [0.25, 0.3) is 0 Å². The van der Waals surface area contributed by atoms with Crippen LogP contribution in [0, 0.1) is 0 Å². The van der Waals surface area contributed by atoms with Gasteiger partial charge in [0.05, 0.1) is 24.4 Å². The SMILES string of the molecule is CCCN(CCO)C(=O)Nc1ccc(OC)cc1Cl. The van der Waals surface area contributed by atoms with Gasteiger partial charge in [-0.3, -0.25) is 0 Å². The number of hydrogen-bond acceptors (Lipinski definition) is 3. The van der Waals surface area contributed by atoms with Crippen LogP contribution in [0.2, 0.25) is 5.02 Å². The molecule has 1 aromatic carbocycles. The minimum absolute atomic E-state index is 0.0657. The van der Waals surface area contributed by atoms with Crippen molar-refractivity contribution in [3.63, 3.8) is 0 Å². The maximum absolute atomic E-state index is 12.0. The molecule has 0 aliphatic carbocycles. The summed E-state index contributed by atoms with van der Waals surface area (Å²) in [6.45, 7) is 2.79. The van der Waals surface area contributed by atoms with Crippen molar-refractivity contribution in [3.8, 4) is 5.75 Å². The average molecular weight is 287 g/mol. The molecule has 0 atom stereocenters. The molecule has 0 saturated carbocycles. The van der Waals surface area contributed by atoms with Gasteiger partial charge in [0.25, 0.3) is 0 Å². The number of rotatable bonds is 6. The summed E-state index contributed by atoms with van der Waals surface area (Å²) in [7, 11) is 1.55. The van der Waals surface area contributed by atoms with Crippen molar-refractivity contribution in [1.29, 1.82) is 0 Å². The lowest BCUT2D eigenvalue weighted by Crippen LogP contribution is -2.37. The zero-order chi connectivity index (χ0) is 14.3. The topological polar surface area (TPSA) is 61.8 Å². The summed E-state index contributed by atoms with van der Waals surface area (Å²) in [5, 5.41) is 12.1. The fourth-order valence-corrected chi connectivity index (χ4v) is 1.84. The predicted molar refractivity (Wildman–Crippen MR) is 76.0 cm³/mol. The Balaban J connectivity index is 2.74. The predicted octanol–water partition coefficient (Wildman–Crippen LogP) is 2.58. The molecular formula is C13H19ClN2O3. The van der Waals surface area contributed by atoms with E-state index >= 15 is 0 Å². The van der Waals surface area contributed by atoms with Gasteiger partial charge >= 0.3 is 6.03 Å². The van der Waals surface area contributed by atoms with Gasteiger partial charge in [-0.2, -0.15) is 0 Å². The highest BCUT2D eigenvalue weighted by molar-refractivity contribution is 6.33. The zero-order valence-electron chi connectivity index (χ0n) is 11.1. The number of nitrogens with one attached hydrogen (secondary N) is 1. The fourth-order valence-electron chi connectivity index (χ4n) is 1.62. The normalized spacial score (nSPS) is 10.1. The molecule has 106 valence electrons. The molecule has 2 amide bonds. The van der Waals surface area contributed by atoms with E-state index in [1.165, 1.54) is 0 Å². The van der Waals surface area contributed by atoms with E-state index in [-0.39, 0.29) is 12.6 Å². The number of carbonyl (C=O) groups is 1. The molecule has 1 aromatic rings. The van der Waals surface area contributed by atoms with Crippen molar-refractivity contribution in [2.75, 3.05) is 32.1 Å². The van der Waals surface area contributed by atoms with Crippen LogP contribution >= 0.6 is 11.6 Å². The molecule has 0 spiro atoms. The number of halogens is 1. The number of ether oxygens (including phenoxy) is 1. The highest BCUT2D eigenvalue weighted by atomic mass is 35.5. The lowest BCUT2D eigenvalue weighted by atomic mass is 10.3. The first-order chi connectivity index (χ1) is 9.12. The van der Waals surface area contributed by atoms with E-state index in [0.29, 0.717) is 29.5 Å². The summed E-state index contributed by atoms with van der Waals surface area (Å²) in [6, 6.07) is 4.76. The number of nitrogens with zero attached hydrogens (tertiary/aromatic N) is 1. The molecule has 0 saturated heterocycles. The van der Waals surface area contributed by atoms with Crippen LogP contribution in [0.4, 0.5) is 10.5 Å². The van der Waals surface area contributed by atoms with Gasteiger partial charge in [0, 0.05) is 19.2 Å². The van der Waals surface area contributed by atoms with Crippen molar-refractivity contribution in [1.82, 2.24) is 4.90 Å². The molecule has 0 aromatic heterocycles. The van der Waals surface area contributed by atoms with Gasteiger partial charge in [0.1, 0.15) is 5.75 Å². The van der Waals surface area contributed by atoms with Crippen molar-refractivity contribution in [2.45, 2.75) is 13.3 Å². The number of hydrogen-bond donors (Lipinski definition) is 2. The summed E-state index contributed by atoms with van der Waals surface area (Å²) in [5.41, 5.74) is 0.520. The summed E-state index contributed by atoms with van der Waals surface area (Å²) < 4.78 is 5.04. The number of amides is 2. The number of anilines is 1. The van der Waals surface area contributed by atoms with E-state index in [4.69, 9.17) is 21.4 Å². The van der Waals surface area contributed by atoms with Crippen molar-refractivity contribution < 1.29 is 14.6 Å². The van der Waals surface area contributed by atoms with Crippen LogP contribution in [0.15, 0.2) is 18.2 Å². The van der Waals surface area contributed by atoms with Crippen LogP contribution in [0.3, 0.4) is 0 Å². The second-order valence-electron chi connectivity index (χ2n) is 3.99. The Morgan fingerprint density at radius 1 is 1.47 bits per heavy atom. The standard InChI is InChI=1S/C13H19ClN2O3/c1-3-6-16(7-8-17)13(18)15-12-5-4-10(19-2)9-11(12)14/h4-5,9,17H,3,6-8H2,1-2H3,(H,15,18). The lowest BCUT2D eigenvalue weighted by molar-refractivity contribution is 0.188. The lowest BCUT2D eigenvalue weighted by Gasteiger charge is -2.21. The van der Waals surface area contributed by atoms with E-state index in [9.17, 15) is 4.79 Å². The Hall–Kier alpha value is -1.46. The summed E-state index contributed by atoms with van der Waals surface area (Å²) in [6.07, 6.45) is 0.823. The smallest absolute Gasteiger partial charge is 0.321 e. The highest BCUT2D eigenvalue weighted by Gasteiger charge is 2.13. The Labute approximate surface area is 118 Å². The van der Waals surface area contributed by atoms with Gasteiger partial charge in [0.2, 0.25) is 0 Å². The molecule has 19 heavy (non-hydrogen) atoms. The van der Waals surface area contributed by atoms with Crippen molar-refractivity contribution >= 4 is 23.3 Å². The van der Waals surface area contributed by atoms with E-state index in [0.717, 1.165) is 6.42 Å². The Morgan fingerprint density at radius 3 is 2.74 bits per heavy atom. The molecular weight excluding hydrogens is 268 g/mol. The molecule has 0 unspecified atom stereocenters. The van der Waals surface area contributed by atoms with Gasteiger partial charge < -0.3 is 20.1 Å². The van der Waals surface area contributed by atoms with Crippen LogP contribution in [0.1, 0.15) is 13.3 Å². The Bertz CT molecular complexity index is 420. The average Bonchev–Trinajstić information content (AvgIpc) is 2.40. The molecule has 6 heteroatoms. The van der Waals surface area contributed by atoms with Crippen LogP contribution < -0.4 is 10.1 Å². The summed E-state index contributed by atoms with van der Waals surface area (Å²) in [4.78, 5) is 13.6. The number of benzene rings is 1. The monoisotopic (exact) mass is 286 g/mol. The van der Waals surface area contributed by atoms with Gasteiger partial charge in [0.15, 0.2) is 0 Å². The van der Waals surface area contributed by atoms with Gasteiger partial charge in [-0.25, -0.2) is 4.79 Å². The van der Waals surface area contributed by atoms with Gasteiger partial charge in [-0.15, -0.1) is 0 Å². The maximum atomic E-state index is 12.0.